The van der Waals surface area contributed by atoms with Crippen molar-refractivity contribution in [3.8, 4) is 0 Å². The second-order valence-corrected chi connectivity index (χ2v) is 12.3. The molecule has 0 bridgehead atoms. The second kappa shape index (κ2) is 5.80. The van der Waals surface area contributed by atoms with Gasteiger partial charge in [-0.25, -0.2) is 0 Å². The van der Waals surface area contributed by atoms with E-state index < -0.39 is 8.07 Å². The summed E-state index contributed by atoms with van der Waals surface area (Å²) in [7, 11) is -1.50. The maximum atomic E-state index is 12.2. The zero-order valence-electron chi connectivity index (χ0n) is 11.4. The Morgan fingerprint density at radius 1 is 1.11 bits per heavy atom. The van der Waals surface area contributed by atoms with E-state index in [1.54, 1.807) is 18.4 Å². The van der Waals surface area contributed by atoms with Crippen LogP contribution in [0.15, 0.2) is 53.1 Å². The first-order chi connectivity index (χ1) is 8.98. The third-order valence-corrected chi connectivity index (χ3v) is 8.14. The van der Waals surface area contributed by atoms with Crippen LogP contribution in [-0.4, -0.2) is 13.2 Å². The van der Waals surface area contributed by atoms with Crippen LogP contribution in [0.25, 0.3) is 0 Å². The highest BCUT2D eigenvalue weighted by Crippen LogP contribution is 2.39. The average Bonchev–Trinajstić information content (AvgIpc) is 2.89. The third kappa shape index (κ3) is 3.61. The molecule has 0 aliphatic rings. The quantitative estimate of drug-likeness (QED) is 0.760. The molecule has 2 aromatic rings. The van der Waals surface area contributed by atoms with E-state index in [4.69, 9.17) is 4.42 Å². The highest BCUT2D eigenvalue weighted by molar-refractivity contribution is 8.15. The lowest BCUT2D eigenvalue weighted by molar-refractivity contribution is 0.106. The van der Waals surface area contributed by atoms with Crippen LogP contribution in [-0.2, 0) is 0 Å². The second-order valence-electron chi connectivity index (χ2n) is 5.54. The van der Waals surface area contributed by atoms with Gasteiger partial charge in [0.1, 0.15) is 0 Å². The fraction of sp³-hybridized carbons (Fsp3) is 0.267. The molecule has 1 atom stereocenters. The zero-order valence-corrected chi connectivity index (χ0v) is 13.2. The van der Waals surface area contributed by atoms with Crippen molar-refractivity contribution in [2.45, 2.75) is 24.5 Å². The van der Waals surface area contributed by atoms with Gasteiger partial charge in [-0.3, -0.25) is 4.79 Å². The summed E-state index contributed by atoms with van der Waals surface area (Å²) in [5.41, 5.74) is 1.23. The number of hydrogen-bond donors (Lipinski definition) is 0. The van der Waals surface area contributed by atoms with Gasteiger partial charge in [0, 0.05) is 4.87 Å². The van der Waals surface area contributed by atoms with Crippen LogP contribution in [0.3, 0.4) is 0 Å². The first-order valence-corrected chi connectivity index (χ1v) is 10.7. The Morgan fingerprint density at radius 2 is 1.79 bits per heavy atom. The zero-order chi connectivity index (χ0) is 13.9. The van der Waals surface area contributed by atoms with E-state index in [1.807, 2.05) is 18.2 Å². The molecule has 4 heteroatoms. The Hall–Kier alpha value is -1.26. The van der Waals surface area contributed by atoms with E-state index in [2.05, 4.69) is 31.8 Å². The monoisotopic (exact) mass is 290 g/mol. The summed E-state index contributed by atoms with van der Waals surface area (Å²) in [6, 6.07) is 13.7. The van der Waals surface area contributed by atoms with Gasteiger partial charge in [-0.15, -0.1) is 0 Å². The van der Waals surface area contributed by atoms with Crippen LogP contribution in [0.4, 0.5) is 0 Å². The Kier molecular flexibility index (Phi) is 4.32. The van der Waals surface area contributed by atoms with Crippen molar-refractivity contribution in [2.24, 2.45) is 0 Å². The minimum Gasteiger partial charge on any atom is -0.460 e. The van der Waals surface area contributed by atoms with Crippen molar-refractivity contribution < 1.29 is 9.21 Å². The van der Waals surface area contributed by atoms with Crippen LogP contribution in [0.2, 0.25) is 19.6 Å². The van der Waals surface area contributed by atoms with Gasteiger partial charge in [-0.2, -0.15) is 0 Å². The van der Waals surface area contributed by atoms with Crippen molar-refractivity contribution in [1.82, 2.24) is 0 Å². The Bertz CT molecular complexity index is 529. The SMILES string of the molecule is C[Si](C)(C)C(SC(=O)c1ccco1)c1ccccc1. The normalized spacial score (nSPS) is 13.2. The lowest BCUT2D eigenvalue weighted by Gasteiger charge is -2.27. The smallest absolute Gasteiger partial charge is 0.254 e. The molecule has 19 heavy (non-hydrogen) atoms. The van der Waals surface area contributed by atoms with Crippen LogP contribution < -0.4 is 0 Å². The molecule has 100 valence electrons. The highest BCUT2D eigenvalue weighted by Gasteiger charge is 2.31. The maximum Gasteiger partial charge on any atom is 0.254 e. The molecule has 0 aliphatic heterocycles. The van der Waals surface area contributed by atoms with Gasteiger partial charge in [-0.05, 0) is 17.7 Å². The van der Waals surface area contributed by atoms with Crippen LogP contribution in [0.5, 0.6) is 0 Å². The van der Waals surface area contributed by atoms with Gasteiger partial charge in [0.25, 0.3) is 5.12 Å². The molecule has 1 aromatic heterocycles. The van der Waals surface area contributed by atoms with Gasteiger partial charge in [-0.1, -0.05) is 61.7 Å². The lowest BCUT2D eigenvalue weighted by atomic mass is 10.2. The Balaban J connectivity index is 2.23. The van der Waals surface area contributed by atoms with Crippen molar-refractivity contribution in [3.05, 3.63) is 60.1 Å². The molecular formula is C15H18O2SSi. The number of hydrogen-bond acceptors (Lipinski definition) is 3. The van der Waals surface area contributed by atoms with E-state index in [-0.39, 0.29) is 9.99 Å². The molecule has 0 amide bonds. The molecular weight excluding hydrogens is 272 g/mol. The first kappa shape index (κ1) is 14.2. The summed E-state index contributed by atoms with van der Waals surface area (Å²) >= 11 is 1.39. The first-order valence-electron chi connectivity index (χ1n) is 6.28. The lowest BCUT2D eigenvalue weighted by Crippen LogP contribution is -2.29. The predicted molar refractivity (Wildman–Crippen MR) is 83.2 cm³/mol. The van der Waals surface area contributed by atoms with E-state index >= 15 is 0 Å². The molecule has 0 radical (unpaired) electrons. The minimum atomic E-state index is -1.50. The molecule has 0 saturated heterocycles. The van der Waals surface area contributed by atoms with E-state index in [0.29, 0.717) is 5.76 Å². The molecule has 0 fully saturated rings. The van der Waals surface area contributed by atoms with Crippen LogP contribution >= 0.6 is 11.8 Å². The fourth-order valence-electron chi connectivity index (χ4n) is 1.93. The summed E-state index contributed by atoms with van der Waals surface area (Å²) in [5.74, 6) is 0.434. The molecule has 0 aliphatic carbocycles. The molecule has 2 nitrogen and oxygen atoms in total. The topological polar surface area (TPSA) is 30.2 Å². The Labute approximate surface area is 119 Å². The van der Waals surface area contributed by atoms with Gasteiger partial charge in [0.2, 0.25) is 0 Å². The molecule has 1 heterocycles. The van der Waals surface area contributed by atoms with Gasteiger partial charge < -0.3 is 4.42 Å². The number of furan rings is 1. The van der Waals surface area contributed by atoms with Crippen molar-refractivity contribution in [3.63, 3.8) is 0 Å². The highest BCUT2D eigenvalue weighted by atomic mass is 32.2. The number of carbonyl (C=O) groups excluding carboxylic acids is 1. The van der Waals surface area contributed by atoms with E-state index in [9.17, 15) is 4.79 Å². The van der Waals surface area contributed by atoms with Crippen LogP contribution in [0.1, 0.15) is 21.0 Å². The van der Waals surface area contributed by atoms with Crippen molar-refractivity contribution in [2.75, 3.05) is 0 Å². The number of carbonyl (C=O) groups is 1. The maximum absolute atomic E-state index is 12.2. The Morgan fingerprint density at radius 3 is 2.32 bits per heavy atom. The molecule has 0 spiro atoms. The van der Waals surface area contributed by atoms with Crippen molar-refractivity contribution >= 4 is 25.0 Å². The van der Waals surface area contributed by atoms with Gasteiger partial charge >= 0.3 is 0 Å². The summed E-state index contributed by atoms with van der Waals surface area (Å²) in [4.78, 5) is 12.5. The standard InChI is InChI=1S/C15H18O2SSi/c1-19(2,3)15(12-8-5-4-6-9-12)18-14(16)13-10-7-11-17-13/h4-11,15H,1-3H3. The summed E-state index contributed by atoms with van der Waals surface area (Å²) in [5, 5.41) is 0.0151. The largest absolute Gasteiger partial charge is 0.460 e. The van der Waals surface area contributed by atoms with Gasteiger partial charge in [0.05, 0.1) is 14.3 Å². The fourth-order valence-corrected chi connectivity index (χ4v) is 5.60. The van der Waals surface area contributed by atoms with E-state index in [0.717, 1.165) is 0 Å². The number of rotatable bonds is 4. The molecule has 1 aromatic carbocycles. The summed E-state index contributed by atoms with van der Waals surface area (Å²) in [6.45, 7) is 6.85. The number of benzene rings is 1. The average molecular weight is 290 g/mol. The molecule has 0 N–H and O–H groups in total. The molecule has 1 unspecified atom stereocenters. The summed E-state index contributed by atoms with van der Waals surface area (Å²) in [6.07, 6.45) is 1.54. The van der Waals surface area contributed by atoms with Crippen LogP contribution in [0, 0.1) is 0 Å². The molecule has 0 saturated carbocycles. The van der Waals surface area contributed by atoms with Crippen molar-refractivity contribution in [1.29, 1.82) is 0 Å². The third-order valence-electron chi connectivity index (χ3n) is 2.84. The van der Waals surface area contributed by atoms with E-state index in [1.165, 1.54) is 17.3 Å². The number of thioether (sulfide) groups is 1. The minimum absolute atomic E-state index is 0.0151. The molecule has 2 rings (SSSR count). The van der Waals surface area contributed by atoms with Gasteiger partial charge in [0.15, 0.2) is 5.76 Å². The summed E-state index contributed by atoms with van der Waals surface area (Å²) < 4.78 is 5.19. The predicted octanol–water partition coefficient (Wildman–Crippen LogP) is 4.77.